The van der Waals surface area contributed by atoms with Gasteiger partial charge in [0.05, 0.1) is 24.4 Å². The Labute approximate surface area is 168 Å². The van der Waals surface area contributed by atoms with Crippen LogP contribution in [0.3, 0.4) is 0 Å². The lowest BCUT2D eigenvalue weighted by atomic mass is 10.2. The fourth-order valence-corrected chi connectivity index (χ4v) is 2.67. The molecule has 0 bridgehead atoms. The van der Waals surface area contributed by atoms with Crippen molar-refractivity contribution < 1.29 is 9.15 Å². The third-order valence-corrected chi connectivity index (χ3v) is 3.84. The minimum Gasteiger partial charge on any atom is -0.496 e. The van der Waals surface area contributed by atoms with Gasteiger partial charge in [-0.2, -0.15) is 0 Å². The first-order chi connectivity index (χ1) is 11.2. The van der Waals surface area contributed by atoms with Crippen molar-refractivity contribution in [1.29, 1.82) is 0 Å². The van der Waals surface area contributed by atoms with Crippen LogP contribution in [0.4, 0.5) is 0 Å². The summed E-state index contributed by atoms with van der Waals surface area (Å²) in [6.07, 6.45) is 2.52. The number of aliphatic imine (C=N–C) groups is 1. The van der Waals surface area contributed by atoms with Gasteiger partial charge in [0.2, 0.25) is 0 Å². The van der Waals surface area contributed by atoms with E-state index < -0.39 is 0 Å². The van der Waals surface area contributed by atoms with Crippen LogP contribution in [0.25, 0.3) is 0 Å². The van der Waals surface area contributed by atoms with E-state index in [2.05, 4.69) is 31.6 Å². The Balaban J connectivity index is 0.00000288. The monoisotopic (exact) mass is 507 g/mol. The lowest BCUT2D eigenvalue weighted by molar-refractivity contribution is 0.412. The Hall–Kier alpha value is -1.22. The van der Waals surface area contributed by atoms with Crippen molar-refractivity contribution in [2.75, 3.05) is 20.2 Å². The first-order valence-electron chi connectivity index (χ1n) is 7.60. The van der Waals surface area contributed by atoms with Gasteiger partial charge in [0.1, 0.15) is 11.5 Å². The van der Waals surface area contributed by atoms with Crippen molar-refractivity contribution in [1.82, 2.24) is 10.6 Å². The quantitative estimate of drug-likeness (QED) is 0.338. The maximum absolute atomic E-state index is 5.32. The lowest BCUT2D eigenvalue weighted by Crippen LogP contribution is -2.38. The number of hydrogen-bond acceptors (Lipinski definition) is 3. The molecule has 132 valence electrons. The van der Waals surface area contributed by atoms with E-state index in [1.165, 1.54) is 0 Å². The topological polar surface area (TPSA) is 58.8 Å². The number of hydrogen-bond donors (Lipinski definition) is 2. The highest BCUT2D eigenvalue weighted by atomic mass is 127. The number of furan rings is 1. The number of nitrogens with zero attached hydrogens (tertiary/aromatic N) is 1. The molecule has 0 radical (unpaired) electrons. The Morgan fingerprint density at radius 1 is 1.29 bits per heavy atom. The maximum atomic E-state index is 5.32. The molecule has 0 unspecified atom stereocenters. The fraction of sp³-hybridized carbons (Fsp3) is 0.353. The van der Waals surface area contributed by atoms with Crippen molar-refractivity contribution in [2.24, 2.45) is 4.99 Å². The van der Waals surface area contributed by atoms with E-state index in [1.54, 1.807) is 13.4 Å². The predicted molar refractivity (Wildman–Crippen MR) is 111 cm³/mol. The second kappa shape index (κ2) is 11.4. The van der Waals surface area contributed by atoms with E-state index >= 15 is 0 Å². The van der Waals surface area contributed by atoms with Crippen molar-refractivity contribution in [3.05, 3.63) is 52.4 Å². The zero-order valence-electron chi connectivity index (χ0n) is 13.8. The van der Waals surface area contributed by atoms with E-state index in [9.17, 15) is 0 Å². The summed E-state index contributed by atoms with van der Waals surface area (Å²) in [5.41, 5.74) is 1.11. The highest BCUT2D eigenvalue weighted by Crippen LogP contribution is 2.25. The Bertz CT molecular complexity index is 633. The summed E-state index contributed by atoms with van der Waals surface area (Å²) in [5.74, 6) is 2.58. The van der Waals surface area contributed by atoms with Crippen molar-refractivity contribution in [3.63, 3.8) is 0 Å². The van der Waals surface area contributed by atoms with Crippen molar-refractivity contribution >= 4 is 45.9 Å². The van der Waals surface area contributed by atoms with Crippen LogP contribution >= 0.6 is 39.9 Å². The van der Waals surface area contributed by atoms with Gasteiger partial charge >= 0.3 is 0 Å². The minimum atomic E-state index is 0. The molecule has 2 aromatic rings. The van der Waals surface area contributed by atoms with E-state index in [-0.39, 0.29) is 24.0 Å². The van der Waals surface area contributed by atoms with Crippen molar-refractivity contribution in [2.45, 2.75) is 19.9 Å². The minimum absolute atomic E-state index is 0. The van der Waals surface area contributed by atoms with Gasteiger partial charge in [-0.15, -0.1) is 24.0 Å². The van der Waals surface area contributed by atoms with Gasteiger partial charge in [-0.1, -0.05) is 6.07 Å². The summed E-state index contributed by atoms with van der Waals surface area (Å²) >= 11 is 3.49. The van der Waals surface area contributed by atoms with Crippen LogP contribution in [0, 0.1) is 0 Å². The van der Waals surface area contributed by atoms with Crippen LogP contribution in [-0.4, -0.2) is 26.2 Å². The number of ether oxygens (including phenoxy) is 1. The fourth-order valence-electron chi connectivity index (χ4n) is 2.08. The third kappa shape index (κ3) is 6.72. The number of rotatable bonds is 7. The van der Waals surface area contributed by atoms with Crippen LogP contribution in [0.5, 0.6) is 5.75 Å². The number of benzene rings is 1. The van der Waals surface area contributed by atoms with Crippen LogP contribution in [0.2, 0.25) is 0 Å². The molecule has 5 nitrogen and oxygen atoms in total. The molecule has 0 aliphatic carbocycles. The average Bonchev–Trinajstić information content (AvgIpc) is 3.06. The average molecular weight is 508 g/mol. The molecule has 2 rings (SSSR count). The molecule has 1 heterocycles. The Morgan fingerprint density at radius 3 is 2.75 bits per heavy atom. The third-order valence-electron chi connectivity index (χ3n) is 3.22. The van der Waals surface area contributed by atoms with Crippen LogP contribution in [0.1, 0.15) is 18.2 Å². The maximum Gasteiger partial charge on any atom is 0.191 e. The smallest absolute Gasteiger partial charge is 0.191 e. The van der Waals surface area contributed by atoms with Gasteiger partial charge in [0, 0.05) is 19.5 Å². The summed E-state index contributed by atoms with van der Waals surface area (Å²) in [6, 6.07) is 9.84. The van der Waals surface area contributed by atoms with E-state index in [0.717, 1.165) is 47.0 Å². The second-order valence-corrected chi connectivity index (χ2v) is 5.77. The molecule has 0 atom stereocenters. The van der Waals surface area contributed by atoms with E-state index in [0.29, 0.717) is 6.54 Å². The highest BCUT2D eigenvalue weighted by Gasteiger charge is 2.02. The molecule has 24 heavy (non-hydrogen) atoms. The van der Waals surface area contributed by atoms with Gasteiger partial charge in [-0.05, 0) is 52.7 Å². The van der Waals surface area contributed by atoms with Crippen LogP contribution < -0.4 is 15.4 Å². The van der Waals surface area contributed by atoms with Crippen LogP contribution in [-0.2, 0) is 13.0 Å². The molecule has 2 N–H and O–H groups in total. The summed E-state index contributed by atoms with van der Waals surface area (Å²) in [5, 5.41) is 6.55. The molecular weight excluding hydrogens is 485 g/mol. The van der Waals surface area contributed by atoms with Gasteiger partial charge < -0.3 is 19.8 Å². The summed E-state index contributed by atoms with van der Waals surface area (Å²) in [6.45, 7) is 4.23. The SMILES string of the molecule is CCNC(=NCc1ccc(OC)c(Br)c1)NCCc1ccco1.I. The molecule has 7 heteroatoms. The van der Waals surface area contributed by atoms with Crippen molar-refractivity contribution in [3.8, 4) is 5.75 Å². The van der Waals surface area contributed by atoms with Crippen LogP contribution in [0.15, 0.2) is 50.5 Å². The zero-order valence-corrected chi connectivity index (χ0v) is 17.8. The first kappa shape index (κ1) is 20.8. The Morgan fingerprint density at radius 2 is 2.12 bits per heavy atom. The molecule has 0 saturated heterocycles. The normalized spacial score (nSPS) is 10.9. The zero-order chi connectivity index (χ0) is 16.5. The number of guanidine groups is 1. The number of halogens is 2. The summed E-state index contributed by atoms with van der Waals surface area (Å²) in [4.78, 5) is 4.60. The molecule has 0 spiro atoms. The van der Waals surface area contributed by atoms with Gasteiger partial charge in [-0.25, -0.2) is 4.99 Å². The standard InChI is InChI=1S/C17H22BrN3O2.HI/c1-3-19-17(20-9-8-14-5-4-10-23-14)21-12-13-6-7-16(22-2)15(18)11-13;/h4-7,10-11H,3,8-9,12H2,1-2H3,(H2,19,20,21);1H. The highest BCUT2D eigenvalue weighted by molar-refractivity contribution is 14.0. The molecule has 0 fully saturated rings. The lowest BCUT2D eigenvalue weighted by Gasteiger charge is -2.11. The summed E-state index contributed by atoms with van der Waals surface area (Å²) in [7, 11) is 1.66. The molecule has 0 aliphatic rings. The number of methoxy groups -OCH3 is 1. The van der Waals surface area contributed by atoms with Gasteiger partial charge in [-0.3, -0.25) is 0 Å². The predicted octanol–water partition coefficient (Wildman–Crippen LogP) is 3.97. The molecule has 0 saturated carbocycles. The number of nitrogens with one attached hydrogen (secondary N) is 2. The largest absolute Gasteiger partial charge is 0.496 e. The molecule has 1 aromatic carbocycles. The second-order valence-electron chi connectivity index (χ2n) is 4.92. The summed E-state index contributed by atoms with van der Waals surface area (Å²) < 4.78 is 11.5. The van der Waals surface area contributed by atoms with E-state index in [1.807, 2.05) is 37.3 Å². The Kier molecular flexibility index (Phi) is 9.85. The molecule has 0 aliphatic heterocycles. The van der Waals surface area contributed by atoms with E-state index in [4.69, 9.17) is 9.15 Å². The molecule has 1 aromatic heterocycles. The molecule has 0 amide bonds. The van der Waals surface area contributed by atoms with Gasteiger partial charge in [0.25, 0.3) is 0 Å². The molecular formula is C17H23BrIN3O2. The van der Waals surface area contributed by atoms with Gasteiger partial charge in [0.15, 0.2) is 5.96 Å². The first-order valence-corrected chi connectivity index (χ1v) is 8.39.